The van der Waals surface area contributed by atoms with E-state index in [4.69, 9.17) is 0 Å². The molecule has 0 aliphatic heterocycles. The van der Waals surface area contributed by atoms with Gasteiger partial charge < -0.3 is 5.32 Å². The predicted octanol–water partition coefficient (Wildman–Crippen LogP) is 5.25. The third-order valence-electron chi connectivity index (χ3n) is 4.67. The molecule has 140 valence electrons. The zero-order chi connectivity index (χ0) is 19.2. The minimum absolute atomic E-state index is 0.0146. The Labute approximate surface area is 165 Å². The summed E-state index contributed by atoms with van der Waals surface area (Å²) in [5.41, 5.74) is 5.63. The molecular weight excluding hydrogens is 352 g/mol. The van der Waals surface area contributed by atoms with Crippen LogP contribution in [0.1, 0.15) is 40.1 Å². The van der Waals surface area contributed by atoms with E-state index in [9.17, 15) is 4.79 Å². The lowest BCUT2D eigenvalue weighted by molar-refractivity contribution is -0.115. The quantitative estimate of drug-likeness (QED) is 0.590. The van der Waals surface area contributed by atoms with Crippen LogP contribution in [0.4, 0.5) is 5.69 Å². The van der Waals surface area contributed by atoms with Crippen LogP contribution in [0.25, 0.3) is 0 Å². The van der Waals surface area contributed by atoms with Gasteiger partial charge in [-0.25, -0.2) is 0 Å². The first-order valence-corrected chi connectivity index (χ1v) is 10.2. The molecular formula is C23H26N2OS. The molecule has 0 radical (unpaired) electrons. The maximum Gasteiger partial charge on any atom is 0.238 e. The smallest absolute Gasteiger partial charge is 0.238 e. The minimum Gasteiger partial charge on any atom is -0.325 e. The minimum atomic E-state index is -0.0336. The van der Waals surface area contributed by atoms with E-state index < -0.39 is 0 Å². The molecule has 2 aromatic carbocycles. The molecule has 3 rings (SSSR count). The molecule has 1 atom stereocenters. The predicted molar refractivity (Wildman–Crippen MR) is 115 cm³/mol. The fourth-order valence-electron chi connectivity index (χ4n) is 3.13. The summed E-state index contributed by atoms with van der Waals surface area (Å²) in [6.07, 6.45) is 1.02. The van der Waals surface area contributed by atoms with Crippen molar-refractivity contribution < 1.29 is 4.79 Å². The van der Waals surface area contributed by atoms with Gasteiger partial charge in [0, 0.05) is 10.6 Å². The lowest BCUT2D eigenvalue weighted by Gasteiger charge is -2.19. The zero-order valence-electron chi connectivity index (χ0n) is 16.1. The number of carbonyl (C=O) groups excluding carboxylic acids is 1. The number of hydrogen-bond acceptors (Lipinski definition) is 3. The molecule has 0 saturated carbocycles. The van der Waals surface area contributed by atoms with Crippen LogP contribution in [-0.2, 0) is 11.2 Å². The van der Waals surface area contributed by atoms with Gasteiger partial charge in [0.25, 0.3) is 0 Å². The first kappa shape index (κ1) is 19.3. The van der Waals surface area contributed by atoms with E-state index >= 15 is 0 Å². The number of amides is 1. The maximum absolute atomic E-state index is 12.5. The molecule has 0 aliphatic carbocycles. The molecule has 0 aliphatic rings. The Bertz CT molecular complexity index is 885. The van der Waals surface area contributed by atoms with Gasteiger partial charge in [-0.2, -0.15) is 0 Å². The van der Waals surface area contributed by atoms with E-state index in [1.807, 2.05) is 25.1 Å². The van der Waals surface area contributed by atoms with Crippen molar-refractivity contribution in [3.05, 3.63) is 87.1 Å². The van der Waals surface area contributed by atoms with Crippen LogP contribution in [0.3, 0.4) is 0 Å². The van der Waals surface area contributed by atoms with Crippen LogP contribution >= 0.6 is 11.3 Å². The monoisotopic (exact) mass is 378 g/mol. The van der Waals surface area contributed by atoms with Crippen LogP contribution in [-0.4, -0.2) is 12.5 Å². The van der Waals surface area contributed by atoms with Crippen LogP contribution in [0.5, 0.6) is 0 Å². The molecule has 0 unspecified atom stereocenters. The zero-order valence-corrected chi connectivity index (χ0v) is 16.9. The molecule has 4 heteroatoms. The van der Waals surface area contributed by atoms with E-state index in [1.165, 1.54) is 21.6 Å². The van der Waals surface area contributed by atoms with Gasteiger partial charge >= 0.3 is 0 Å². The normalized spacial score (nSPS) is 12.0. The number of anilines is 1. The fourth-order valence-corrected chi connectivity index (χ4v) is 3.95. The van der Waals surface area contributed by atoms with Gasteiger partial charge in [-0.05, 0) is 54.5 Å². The molecule has 1 heterocycles. The van der Waals surface area contributed by atoms with Crippen molar-refractivity contribution in [2.45, 2.75) is 33.2 Å². The summed E-state index contributed by atoms with van der Waals surface area (Å²) in [6, 6.07) is 18.8. The Kier molecular flexibility index (Phi) is 6.43. The number of thiophene rings is 1. The average molecular weight is 379 g/mol. The molecule has 0 fully saturated rings. The van der Waals surface area contributed by atoms with Crippen molar-refractivity contribution in [2.75, 3.05) is 11.9 Å². The molecule has 3 nitrogen and oxygen atoms in total. The molecule has 0 saturated heterocycles. The molecule has 2 N–H and O–H groups in total. The third kappa shape index (κ3) is 5.06. The van der Waals surface area contributed by atoms with E-state index in [0.717, 1.165) is 17.7 Å². The highest BCUT2D eigenvalue weighted by Crippen LogP contribution is 2.26. The SMILES string of the molecule is CCc1ccc([C@@H](NCC(=O)Nc2ccc(C)cc2C)c2cccs2)cc1. The van der Waals surface area contributed by atoms with Gasteiger partial charge in [0.2, 0.25) is 5.91 Å². The second kappa shape index (κ2) is 8.98. The lowest BCUT2D eigenvalue weighted by atomic mass is 10.0. The summed E-state index contributed by atoms with van der Waals surface area (Å²) >= 11 is 1.70. The highest BCUT2D eigenvalue weighted by Gasteiger charge is 2.16. The van der Waals surface area contributed by atoms with Gasteiger partial charge in [0.05, 0.1) is 12.6 Å². The molecule has 1 aromatic heterocycles. The molecule has 1 amide bonds. The van der Waals surface area contributed by atoms with Crippen molar-refractivity contribution in [3.63, 3.8) is 0 Å². The number of nitrogens with one attached hydrogen (secondary N) is 2. The first-order valence-electron chi connectivity index (χ1n) is 9.29. The van der Waals surface area contributed by atoms with Crippen molar-refractivity contribution in [2.24, 2.45) is 0 Å². The van der Waals surface area contributed by atoms with Crippen molar-refractivity contribution >= 4 is 22.9 Å². The van der Waals surface area contributed by atoms with Crippen molar-refractivity contribution in [1.29, 1.82) is 0 Å². The van der Waals surface area contributed by atoms with Crippen LogP contribution < -0.4 is 10.6 Å². The molecule has 0 spiro atoms. The summed E-state index contributed by atoms with van der Waals surface area (Å²) < 4.78 is 0. The third-order valence-corrected chi connectivity index (χ3v) is 5.61. The van der Waals surface area contributed by atoms with Crippen LogP contribution in [0.15, 0.2) is 60.0 Å². The largest absolute Gasteiger partial charge is 0.325 e. The number of hydrogen-bond donors (Lipinski definition) is 2. The molecule has 0 bridgehead atoms. The summed E-state index contributed by atoms with van der Waals surface area (Å²) in [5, 5.41) is 8.50. The highest BCUT2D eigenvalue weighted by atomic mass is 32.1. The van der Waals surface area contributed by atoms with E-state index in [2.05, 4.69) is 66.3 Å². The second-order valence-corrected chi connectivity index (χ2v) is 7.77. The van der Waals surface area contributed by atoms with Gasteiger partial charge in [0.15, 0.2) is 0 Å². The summed E-state index contributed by atoms with van der Waals surface area (Å²) in [7, 11) is 0. The topological polar surface area (TPSA) is 41.1 Å². The maximum atomic E-state index is 12.5. The summed E-state index contributed by atoms with van der Waals surface area (Å²) in [6.45, 7) is 6.47. The highest BCUT2D eigenvalue weighted by molar-refractivity contribution is 7.10. The van der Waals surface area contributed by atoms with E-state index in [0.29, 0.717) is 0 Å². The second-order valence-electron chi connectivity index (χ2n) is 6.79. The summed E-state index contributed by atoms with van der Waals surface area (Å²) in [5.74, 6) is -0.0336. The first-order chi connectivity index (χ1) is 13.1. The molecule has 3 aromatic rings. The van der Waals surface area contributed by atoms with Gasteiger partial charge in [-0.1, -0.05) is 55.0 Å². The Morgan fingerprint density at radius 3 is 2.48 bits per heavy atom. The van der Waals surface area contributed by atoms with Crippen molar-refractivity contribution in [3.8, 4) is 0 Å². The number of carbonyl (C=O) groups is 1. The van der Waals surface area contributed by atoms with Gasteiger partial charge in [-0.3, -0.25) is 10.1 Å². The number of rotatable bonds is 7. The lowest BCUT2D eigenvalue weighted by Crippen LogP contribution is -2.31. The Hall–Kier alpha value is -2.43. The Morgan fingerprint density at radius 2 is 1.85 bits per heavy atom. The summed E-state index contributed by atoms with van der Waals surface area (Å²) in [4.78, 5) is 13.7. The van der Waals surface area contributed by atoms with Gasteiger partial charge in [-0.15, -0.1) is 11.3 Å². The molecule has 27 heavy (non-hydrogen) atoms. The van der Waals surface area contributed by atoms with E-state index in [1.54, 1.807) is 11.3 Å². The average Bonchev–Trinajstić information content (AvgIpc) is 3.19. The van der Waals surface area contributed by atoms with Crippen LogP contribution in [0.2, 0.25) is 0 Å². The fraction of sp³-hybridized carbons (Fsp3) is 0.261. The number of aryl methyl sites for hydroxylation is 3. The van der Waals surface area contributed by atoms with Crippen molar-refractivity contribution in [1.82, 2.24) is 5.32 Å². The van der Waals surface area contributed by atoms with E-state index in [-0.39, 0.29) is 18.5 Å². The number of benzene rings is 2. The standard InChI is InChI=1S/C23H26N2OS/c1-4-18-8-10-19(11-9-18)23(21-6-5-13-27-21)24-15-22(26)25-20-12-7-16(2)14-17(20)3/h5-14,23-24H,4,15H2,1-3H3,(H,25,26)/t23-/m1/s1. The Morgan fingerprint density at radius 1 is 1.07 bits per heavy atom. The van der Waals surface area contributed by atoms with Gasteiger partial charge in [0.1, 0.15) is 0 Å². The van der Waals surface area contributed by atoms with Crippen LogP contribution in [0, 0.1) is 13.8 Å². The Balaban J connectivity index is 1.70.